The van der Waals surface area contributed by atoms with Crippen LogP contribution in [0.5, 0.6) is 0 Å². The van der Waals surface area contributed by atoms with E-state index in [2.05, 4.69) is 25.6 Å². The number of piperidine rings is 2. The van der Waals surface area contributed by atoms with E-state index in [1.165, 1.54) is 13.1 Å². The van der Waals surface area contributed by atoms with Gasteiger partial charge in [0.25, 0.3) is 5.91 Å². The molecular weight excluding hydrogens is 399 g/mol. The van der Waals surface area contributed by atoms with Crippen LogP contribution in [0.25, 0.3) is 6.08 Å². The molecule has 3 aliphatic heterocycles. The fourth-order valence-electron chi connectivity index (χ4n) is 3.89. The summed E-state index contributed by atoms with van der Waals surface area (Å²) in [6, 6.07) is 3.85. The topological polar surface area (TPSA) is 102 Å². The molecule has 3 saturated heterocycles. The number of hydrogen-bond donors (Lipinski definition) is 4. The Labute approximate surface area is 170 Å². The standard InChI is InChI=1S/C19H22F3N7O/c1-28-10-15(17(27-28)19(20,21)22)26-18(30)14-6-3-11(25-14)4-7-16(23)29-9-12-2-5-13(29)8-24-12/h3-4,6-7,10,12-13,23-25H,2,5,8-9H2,1H3,(H,26,30)/b7-4-,23-16?. The number of piperazine rings is 1. The first-order valence-electron chi connectivity index (χ1n) is 9.58. The highest BCUT2D eigenvalue weighted by Gasteiger charge is 2.38. The predicted molar refractivity (Wildman–Crippen MR) is 105 cm³/mol. The molecule has 8 nitrogen and oxygen atoms in total. The van der Waals surface area contributed by atoms with E-state index in [1.54, 1.807) is 18.2 Å². The second-order valence-electron chi connectivity index (χ2n) is 7.55. The molecule has 1 amide bonds. The summed E-state index contributed by atoms with van der Waals surface area (Å²) in [5.74, 6) is -0.306. The summed E-state index contributed by atoms with van der Waals surface area (Å²) in [7, 11) is 1.35. The quantitative estimate of drug-likeness (QED) is 0.450. The molecule has 11 heteroatoms. The molecule has 2 unspecified atom stereocenters. The SMILES string of the molecule is Cn1cc(NC(=O)c2ccc(/C=C\C(=N)N3CC4CCC3CN4)[nH]2)c(C(F)(F)F)n1. The van der Waals surface area contributed by atoms with Crippen molar-refractivity contribution in [3.63, 3.8) is 0 Å². The van der Waals surface area contributed by atoms with Gasteiger partial charge >= 0.3 is 6.18 Å². The van der Waals surface area contributed by atoms with Crippen LogP contribution in [0.1, 0.15) is 34.7 Å². The third-order valence-corrected chi connectivity index (χ3v) is 5.38. The average molecular weight is 421 g/mol. The zero-order valence-electron chi connectivity index (χ0n) is 16.3. The van der Waals surface area contributed by atoms with Gasteiger partial charge in [0, 0.05) is 44.1 Å². The highest BCUT2D eigenvalue weighted by atomic mass is 19.4. The van der Waals surface area contributed by atoms with Crippen LogP contribution in [-0.2, 0) is 13.2 Å². The van der Waals surface area contributed by atoms with Gasteiger partial charge in [0.05, 0.1) is 5.69 Å². The van der Waals surface area contributed by atoms with Crippen molar-refractivity contribution in [2.75, 3.05) is 18.4 Å². The maximum absolute atomic E-state index is 13.0. The number of amides is 1. The van der Waals surface area contributed by atoms with Crippen LogP contribution in [0.2, 0.25) is 0 Å². The second-order valence-corrected chi connectivity index (χ2v) is 7.55. The zero-order chi connectivity index (χ0) is 21.5. The number of nitrogens with zero attached hydrogens (tertiary/aromatic N) is 3. The molecule has 5 rings (SSSR count). The lowest BCUT2D eigenvalue weighted by molar-refractivity contribution is -0.140. The number of aromatic nitrogens is 3. The Morgan fingerprint density at radius 3 is 2.80 bits per heavy atom. The van der Waals surface area contributed by atoms with E-state index in [9.17, 15) is 18.0 Å². The van der Waals surface area contributed by atoms with Gasteiger partial charge in [-0.25, -0.2) is 0 Å². The molecule has 5 heterocycles. The maximum atomic E-state index is 13.0. The number of aryl methyl sites for hydroxylation is 1. The third-order valence-electron chi connectivity index (χ3n) is 5.38. The lowest BCUT2D eigenvalue weighted by Crippen LogP contribution is -2.62. The molecule has 2 atom stereocenters. The van der Waals surface area contributed by atoms with E-state index < -0.39 is 23.5 Å². The number of rotatable bonds is 4. The van der Waals surface area contributed by atoms with Gasteiger partial charge in [0.1, 0.15) is 11.5 Å². The smallest absolute Gasteiger partial charge is 0.351 e. The van der Waals surface area contributed by atoms with Crippen LogP contribution in [0.4, 0.5) is 18.9 Å². The molecule has 30 heavy (non-hydrogen) atoms. The molecule has 4 N–H and O–H groups in total. The first kappa shape index (κ1) is 20.2. The Morgan fingerprint density at radius 1 is 1.37 bits per heavy atom. The largest absolute Gasteiger partial charge is 0.437 e. The molecule has 3 aliphatic rings. The first-order valence-corrected chi connectivity index (χ1v) is 9.58. The van der Waals surface area contributed by atoms with Gasteiger partial charge in [0.15, 0.2) is 5.69 Å². The van der Waals surface area contributed by atoms with Crippen molar-refractivity contribution in [3.8, 4) is 0 Å². The molecule has 0 radical (unpaired) electrons. The molecular formula is C19H22F3N7O. The number of anilines is 1. The molecule has 0 spiro atoms. The lowest BCUT2D eigenvalue weighted by Gasteiger charge is -2.46. The number of alkyl halides is 3. The van der Waals surface area contributed by atoms with E-state index >= 15 is 0 Å². The van der Waals surface area contributed by atoms with Crippen molar-refractivity contribution in [2.45, 2.75) is 31.1 Å². The Hall–Kier alpha value is -3.08. The fourth-order valence-corrected chi connectivity index (χ4v) is 3.89. The highest BCUT2D eigenvalue weighted by molar-refractivity contribution is 6.03. The molecule has 0 saturated carbocycles. The van der Waals surface area contributed by atoms with Crippen LogP contribution < -0.4 is 10.6 Å². The van der Waals surface area contributed by atoms with Gasteiger partial charge in [-0.15, -0.1) is 0 Å². The molecule has 2 bridgehead atoms. The fraction of sp³-hybridized carbons (Fsp3) is 0.421. The molecule has 3 fully saturated rings. The van der Waals surface area contributed by atoms with E-state index in [1.807, 2.05) is 0 Å². The first-order chi connectivity index (χ1) is 14.2. The monoisotopic (exact) mass is 421 g/mol. The zero-order valence-corrected chi connectivity index (χ0v) is 16.3. The molecule has 0 aromatic carbocycles. The summed E-state index contributed by atoms with van der Waals surface area (Å²) in [5.41, 5.74) is -0.868. The highest BCUT2D eigenvalue weighted by Crippen LogP contribution is 2.33. The molecule has 160 valence electrons. The number of hydrogen-bond acceptors (Lipinski definition) is 4. The van der Waals surface area contributed by atoms with Crippen molar-refractivity contribution in [3.05, 3.63) is 41.5 Å². The maximum Gasteiger partial charge on any atom is 0.437 e. The minimum atomic E-state index is -4.67. The summed E-state index contributed by atoms with van der Waals surface area (Å²) in [5, 5.41) is 17.4. The van der Waals surface area contributed by atoms with Crippen molar-refractivity contribution in [1.82, 2.24) is 25.0 Å². The number of carbonyl (C=O) groups is 1. The molecule has 0 aliphatic carbocycles. The number of nitrogens with one attached hydrogen (secondary N) is 4. The van der Waals surface area contributed by atoms with Crippen LogP contribution >= 0.6 is 0 Å². The van der Waals surface area contributed by atoms with E-state index in [0.717, 1.165) is 36.8 Å². The lowest BCUT2D eigenvalue weighted by atomic mass is 9.93. The van der Waals surface area contributed by atoms with Crippen molar-refractivity contribution in [1.29, 1.82) is 5.41 Å². The average Bonchev–Trinajstić information content (AvgIpc) is 3.33. The van der Waals surface area contributed by atoms with Crippen molar-refractivity contribution >= 4 is 23.5 Å². The minimum Gasteiger partial charge on any atom is -0.351 e. The summed E-state index contributed by atoms with van der Waals surface area (Å²) in [4.78, 5) is 17.3. The van der Waals surface area contributed by atoms with Crippen LogP contribution in [-0.4, -0.2) is 56.6 Å². The number of carbonyl (C=O) groups excluding carboxylic acids is 1. The van der Waals surface area contributed by atoms with Crippen LogP contribution in [0, 0.1) is 5.41 Å². The van der Waals surface area contributed by atoms with Gasteiger partial charge in [-0.2, -0.15) is 18.3 Å². The van der Waals surface area contributed by atoms with E-state index in [0.29, 0.717) is 23.6 Å². The summed E-state index contributed by atoms with van der Waals surface area (Å²) < 4.78 is 40.1. The number of fused-ring (bicyclic) bond motifs is 3. The van der Waals surface area contributed by atoms with Crippen LogP contribution in [0.15, 0.2) is 24.4 Å². The number of halogens is 3. The van der Waals surface area contributed by atoms with Crippen molar-refractivity contribution < 1.29 is 18.0 Å². The van der Waals surface area contributed by atoms with E-state index in [-0.39, 0.29) is 5.69 Å². The molecule has 2 aromatic rings. The summed E-state index contributed by atoms with van der Waals surface area (Å²) in [6.07, 6.45) is 1.97. The number of H-pyrrole nitrogens is 1. The van der Waals surface area contributed by atoms with Gasteiger partial charge in [-0.05, 0) is 37.1 Å². The second kappa shape index (κ2) is 7.63. The van der Waals surface area contributed by atoms with Gasteiger partial charge < -0.3 is 20.5 Å². The van der Waals surface area contributed by atoms with Gasteiger partial charge in [-0.1, -0.05) is 0 Å². The Balaban J connectivity index is 1.41. The number of amidine groups is 1. The summed E-state index contributed by atoms with van der Waals surface area (Å²) in [6.45, 7) is 1.68. The Bertz CT molecular complexity index is 983. The van der Waals surface area contributed by atoms with Gasteiger partial charge in [-0.3, -0.25) is 14.9 Å². The minimum absolute atomic E-state index is 0.111. The summed E-state index contributed by atoms with van der Waals surface area (Å²) >= 11 is 0. The van der Waals surface area contributed by atoms with Crippen LogP contribution in [0.3, 0.4) is 0 Å². The predicted octanol–water partition coefficient (Wildman–Crippen LogP) is 2.45. The van der Waals surface area contributed by atoms with Crippen molar-refractivity contribution in [2.24, 2.45) is 7.05 Å². The third kappa shape index (κ3) is 4.11. The molecule has 2 aromatic heterocycles. The normalized spacial score (nSPS) is 21.4. The Kier molecular flexibility index (Phi) is 5.14. The van der Waals surface area contributed by atoms with Gasteiger partial charge in [0.2, 0.25) is 0 Å². The van der Waals surface area contributed by atoms with E-state index in [4.69, 9.17) is 5.41 Å². The Morgan fingerprint density at radius 2 is 2.17 bits per heavy atom. The number of aromatic amines is 1.